The first-order valence-corrected chi connectivity index (χ1v) is 11.5. The van der Waals surface area contributed by atoms with Crippen molar-refractivity contribution >= 4 is 34.6 Å². The fourth-order valence-corrected chi connectivity index (χ4v) is 4.54. The van der Waals surface area contributed by atoms with Gasteiger partial charge in [-0.1, -0.05) is 6.07 Å². The van der Waals surface area contributed by atoms with E-state index < -0.39 is 29.4 Å². The van der Waals surface area contributed by atoms with Gasteiger partial charge in [0.15, 0.2) is 5.58 Å². The van der Waals surface area contributed by atoms with Gasteiger partial charge in [0.2, 0.25) is 5.89 Å². The molecule has 5 aromatic rings. The van der Waals surface area contributed by atoms with Crippen molar-refractivity contribution in [2.45, 2.75) is 0 Å². The third-order valence-corrected chi connectivity index (χ3v) is 6.38. The van der Waals surface area contributed by atoms with Crippen molar-refractivity contribution in [2.24, 2.45) is 0 Å². The number of carbonyl (C=O) groups is 3. The van der Waals surface area contributed by atoms with Gasteiger partial charge in [-0.05, 0) is 71.8 Å². The van der Waals surface area contributed by atoms with E-state index in [9.17, 15) is 28.3 Å². The normalized spacial score (nSPS) is 12.7. The SMILES string of the molecule is COc1ccc(-c2nc3ccc(-c4cc(F)cc(F)c4)cc3o2)cc1N1C(=O)c2ccc(C(=O)O)cc2C1=O. The number of carbonyl (C=O) groups excluding carboxylic acids is 2. The van der Waals surface area contributed by atoms with Crippen molar-refractivity contribution in [3.05, 3.63) is 101 Å². The maximum atomic E-state index is 13.7. The Morgan fingerprint density at radius 2 is 1.56 bits per heavy atom. The molecule has 2 heterocycles. The molecule has 0 saturated carbocycles. The van der Waals surface area contributed by atoms with E-state index in [4.69, 9.17) is 9.15 Å². The molecule has 1 aliphatic heterocycles. The second-order valence-corrected chi connectivity index (χ2v) is 8.76. The highest BCUT2D eigenvalue weighted by Gasteiger charge is 2.39. The molecule has 39 heavy (non-hydrogen) atoms. The molecule has 192 valence electrons. The van der Waals surface area contributed by atoms with Gasteiger partial charge in [-0.25, -0.2) is 23.5 Å². The molecule has 8 nitrogen and oxygen atoms in total. The highest BCUT2D eigenvalue weighted by atomic mass is 19.1. The number of carboxylic acids is 1. The van der Waals surface area contributed by atoms with Gasteiger partial charge in [-0.2, -0.15) is 0 Å². The molecule has 10 heteroatoms. The summed E-state index contributed by atoms with van der Waals surface area (Å²) in [5.74, 6) is -3.58. The minimum absolute atomic E-state index is 0.0319. The summed E-state index contributed by atoms with van der Waals surface area (Å²) in [5, 5.41) is 9.28. The number of nitrogens with zero attached hydrogens (tertiary/aromatic N) is 2. The van der Waals surface area contributed by atoms with Crippen LogP contribution in [0.2, 0.25) is 0 Å². The monoisotopic (exact) mass is 526 g/mol. The zero-order valence-electron chi connectivity index (χ0n) is 20.1. The van der Waals surface area contributed by atoms with Gasteiger partial charge in [0.1, 0.15) is 22.9 Å². The lowest BCUT2D eigenvalue weighted by Crippen LogP contribution is -2.29. The lowest BCUT2D eigenvalue weighted by molar-refractivity contribution is 0.0696. The summed E-state index contributed by atoms with van der Waals surface area (Å²) in [6.45, 7) is 0. The van der Waals surface area contributed by atoms with Crippen LogP contribution >= 0.6 is 0 Å². The van der Waals surface area contributed by atoms with E-state index in [1.807, 2.05) is 0 Å². The molecule has 0 fully saturated rings. The number of hydrogen-bond acceptors (Lipinski definition) is 6. The molecule has 1 aromatic heterocycles. The number of methoxy groups -OCH3 is 1. The van der Waals surface area contributed by atoms with E-state index in [-0.39, 0.29) is 34.0 Å². The van der Waals surface area contributed by atoms with E-state index in [0.717, 1.165) is 17.0 Å². The number of halogens is 2. The number of aromatic carboxylic acids is 1. The predicted molar refractivity (Wildman–Crippen MR) is 136 cm³/mol. The summed E-state index contributed by atoms with van der Waals surface area (Å²) in [6, 6.07) is 16.5. The molecule has 0 aliphatic carbocycles. The van der Waals surface area contributed by atoms with E-state index in [0.29, 0.717) is 27.8 Å². The third kappa shape index (κ3) is 3.98. The number of ether oxygens (including phenoxy) is 1. The Balaban J connectivity index is 1.40. The fraction of sp³-hybridized carbons (Fsp3) is 0.0345. The van der Waals surface area contributed by atoms with Crippen LogP contribution in [-0.4, -0.2) is 35.0 Å². The molecule has 0 atom stereocenters. The van der Waals surface area contributed by atoms with Crippen molar-refractivity contribution in [2.75, 3.05) is 12.0 Å². The Kier molecular flexibility index (Phi) is 5.46. The van der Waals surface area contributed by atoms with Crippen LogP contribution in [-0.2, 0) is 0 Å². The smallest absolute Gasteiger partial charge is 0.335 e. The quantitative estimate of drug-likeness (QED) is 0.282. The molecular formula is C29H16F2N2O6. The van der Waals surface area contributed by atoms with Crippen LogP contribution in [0, 0.1) is 11.6 Å². The molecule has 0 bridgehead atoms. The number of carboxylic acid groups (broad SMARTS) is 1. The molecule has 1 N–H and O–H groups in total. The Morgan fingerprint density at radius 3 is 2.28 bits per heavy atom. The Hall–Kier alpha value is -5.38. The van der Waals surface area contributed by atoms with Gasteiger partial charge in [0, 0.05) is 11.6 Å². The molecule has 1 aliphatic rings. The number of amides is 2. The Morgan fingerprint density at radius 1 is 0.846 bits per heavy atom. The van der Waals surface area contributed by atoms with Gasteiger partial charge in [0.25, 0.3) is 11.8 Å². The number of benzene rings is 4. The van der Waals surface area contributed by atoms with E-state index in [1.165, 1.54) is 37.4 Å². The number of anilines is 1. The van der Waals surface area contributed by atoms with Gasteiger partial charge in [0.05, 0.1) is 29.5 Å². The summed E-state index contributed by atoms with van der Waals surface area (Å²) in [4.78, 5) is 43.2. The first kappa shape index (κ1) is 24.0. The molecule has 6 rings (SSSR count). The predicted octanol–water partition coefficient (Wildman–Crippen LogP) is 5.95. The maximum absolute atomic E-state index is 13.7. The van der Waals surface area contributed by atoms with E-state index >= 15 is 0 Å². The molecule has 0 radical (unpaired) electrons. The van der Waals surface area contributed by atoms with Crippen LogP contribution in [0.4, 0.5) is 14.5 Å². The number of fused-ring (bicyclic) bond motifs is 2. The molecule has 0 saturated heterocycles. The highest BCUT2D eigenvalue weighted by molar-refractivity contribution is 6.35. The van der Waals surface area contributed by atoms with Gasteiger partial charge < -0.3 is 14.3 Å². The summed E-state index contributed by atoms with van der Waals surface area (Å²) < 4.78 is 38.8. The summed E-state index contributed by atoms with van der Waals surface area (Å²) >= 11 is 0. The van der Waals surface area contributed by atoms with Gasteiger partial charge in [-0.15, -0.1) is 0 Å². The maximum Gasteiger partial charge on any atom is 0.335 e. The average Bonchev–Trinajstić information content (AvgIpc) is 3.45. The van der Waals surface area contributed by atoms with Crippen molar-refractivity contribution < 1.29 is 37.4 Å². The topological polar surface area (TPSA) is 110 Å². The van der Waals surface area contributed by atoms with Crippen LogP contribution in [0.25, 0.3) is 33.7 Å². The minimum atomic E-state index is -1.22. The van der Waals surface area contributed by atoms with Crippen molar-refractivity contribution in [1.29, 1.82) is 0 Å². The zero-order chi connectivity index (χ0) is 27.4. The third-order valence-electron chi connectivity index (χ3n) is 6.38. The minimum Gasteiger partial charge on any atom is -0.495 e. The number of imide groups is 1. The molecule has 0 spiro atoms. The summed E-state index contributed by atoms with van der Waals surface area (Å²) in [5.41, 5.74) is 2.14. The first-order valence-electron chi connectivity index (χ1n) is 11.5. The lowest BCUT2D eigenvalue weighted by atomic mass is 10.1. The number of rotatable bonds is 5. The van der Waals surface area contributed by atoms with Crippen LogP contribution in [0.1, 0.15) is 31.1 Å². The lowest BCUT2D eigenvalue weighted by Gasteiger charge is -2.18. The number of aromatic nitrogens is 1. The van der Waals surface area contributed by atoms with Crippen LogP contribution in [0.3, 0.4) is 0 Å². The van der Waals surface area contributed by atoms with Crippen LogP contribution in [0.5, 0.6) is 5.75 Å². The van der Waals surface area contributed by atoms with E-state index in [2.05, 4.69) is 4.98 Å². The van der Waals surface area contributed by atoms with Crippen molar-refractivity contribution in [1.82, 2.24) is 4.98 Å². The molecule has 4 aromatic carbocycles. The summed E-state index contributed by atoms with van der Waals surface area (Å²) in [7, 11) is 1.38. The first-order chi connectivity index (χ1) is 18.7. The fourth-order valence-electron chi connectivity index (χ4n) is 4.54. The Bertz CT molecular complexity index is 1840. The van der Waals surface area contributed by atoms with E-state index in [1.54, 1.807) is 30.3 Å². The molecular weight excluding hydrogens is 510 g/mol. The largest absolute Gasteiger partial charge is 0.495 e. The number of oxazole rings is 1. The summed E-state index contributed by atoms with van der Waals surface area (Å²) in [6.07, 6.45) is 0. The van der Waals surface area contributed by atoms with Crippen LogP contribution in [0.15, 0.2) is 77.2 Å². The second-order valence-electron chi connectivity index (χ2n) is 8.76. The van der Waals surface area contributed by atoms with Crippen molar-refractivity contribution in [3.63, 3.8) is 0 Å². The Labute approximate surface area is 218 Å². The standard InChI is InChI=1S/C29H16F2N2O6/c1-38-24-7-4-15(11-23(24)33-27(34)20-5-2-16(29(36)37)10-21(20)28(33)35)26-32-22-6-3-14(12-25(22)39-26)17-8-18(30)13-19(31)9-17/h2-13H,1H3,(H,36,37). The molecule has 0 unspecified atom stereocenters. The highest BCUT2D eigenvalue weighted by Crippen LogP contribution is 2.39. The van der Waals surface area contributed by atoms with Crippen molar-refractivity contribution in [3.8, 4) is 28.3 Å². The number of hydrogen-bond donors (Lipinski definition) is 1. The molecule has 2 amide bonds. The van der Waals surface area contributed by atoms with Gasteiger partial charge >= 0.3 is 5.97 Å². The average molecular weight is 526 g/mol. The van der Waals surface area contributed by atoms with Gasteiger partial charge in [-0.3, -0.25) is 9.59 Å². The zero-order valence-corrected chi connectivity index (χ0v) is 20.1. The van der Waals surface area contributed by atoms with Crippen LogP contribution < -0.4 is 9.64 Å². The second kappa shape index (κ2) is 8.88.